The Morgan fingerprint density at radius 2 is 2.27 bits per heavy atom. The third-order valence-electron chi connectivity index (χ3n) is 2.38. The zero-order valence-corrected chi connectivity index (χ0v) is 9.31. The highest BCUT2D eigenvalue weighted by Gasteiger charge is 2.16. The number of nitrogens with zero attached hydrogens (tertiary/aromatic N) is 1. The average Bonchev–Trinajstić information content (AvgIpc) is 2.20. The average molecular weight is 230 g/mol. The Balaban J connectivity index is 0.00000112. The van der Waals surface area contributed by atoms with Gasteiger partial charge in [-0.2, -0.15) is 0 Å². The molecule has 1 aromatic rings. The fourth-order valence-corrected chi connectivity index (χ4v) is 1.73. The van der Waals surface area contributed by atoms with Gasteiger partial charge >= 0.3 is 0 Å². The van der Waals surface area contributed by atoms with E-state index in [-0.39, 0.29) is 18.2 Å². The first-order chi connectivity index (χ1) is 6.83. The molecular formula is C11H13ClFNO. The lowest BCUT2D eigenvalue weighted by molar-refractivity contribution is 0.245. The standard InChI is InChI=1S/C11H12FNO.ClH/c1-14-7-11-9-3-2-4-10(12)8(9)5-6-13-11;/h2-4H,5-7H2,1H3;1H. The van der Waals surface area contributed by atoms with Gasteiger partial charge < -0.3 is 4.74 Å². The topological polar surface area (TPSA) is 21.6 Å². The summed E-state index contributed by atoms with van der Waals surface area (Å²) in [5.41, 5.74) is 2.53. The van der Waals surface area contributed by atoms with Crippen molar-refractivity contribution in [1.29, 1.82) is 0 Å². The maximum absolute atomic E-state index is 13.4. The van der Waals surface area contributed by atoms with E-state index < -0.39 is 0 Å². The van der Waals surface area contributed by atoms with Crippen LogP contribution in [0.25, 0.3) is 0 Å². The summed E-state index contributed by atoms with van der Waals surface area (Å²) in [6, 6.07) is 5.11. The predicted molar refractivity (Wildman–Crippen MR) is 60.6 cm³/mol. The van der Waals surface area contributed by atoms with Crippen molar-refractivity contribution in [3.05, 3.63) is 35.1 Å². The van der Waals surface area contributed by atoms with E-state index in [4.69, 9.17) is 4.74 Å². The Bertz CT molecular complexity index is 379. The molecule has 0 atom stereocenters. The Labute approximate surface area is 94.6 Å². The van der Waals surface area contributed by atoms with Gasteiger partial charge in [0.05, 0.1) is 12.3 Å². The van der Waals surface area contributed by atoms with Crippen molar-refractivity contribution in [3.63, 3.8) is 0 Å². The van der Waals surface area contributed by atoms with Crippen molar-refractivity contribution in [3.8, 4) is 0 Å². The van der Waals surface area contributed by atoms with E-state index >= 15 is 0 Å². The second-order valence-electron chi connectivity index (χ2n) is 3.28. The van der Waals surface area contributed by atoms with Crippen molar-refractivity contribution < 1.29 is 9.13 Å². The van der Waals surface area contributed by atoms with Gasteiger partial charge in [-0.3, -0.25) is 4.99 Å². The molecule has 0 N–H and O–H groups in total. The number of fused-ring (bicyclic) bond motifs is 1. The maximum atomic E-state index is 13.4. The second-order valence-corrected chi connectivity index (χ2v) is 3.28. The van der Waals surface area contributed by atoms with Crippen LogP contribution >= 0.6 is 12.4 Å². The zero-order valence-electron chi connectivity index (χ0n) is 8.50. The van der Waals surface area contributed by atoms with Crippen LogP contribution in [0.2, 0.25) is 0 Å². The van der Waals surface area contributed by atoms with E-state index in [1.807, 2.05) is 6.07 Å². The predicted octanol–water partition coefficient (Wildman–Crippen LogP) is 2.24. The van der Waals surface area contributed by atoms with E-state index in [2.05, 4.69) is 4.99 Å². The zero-order chi connectivity index (χ0) is 9.97. The van der Waals surface area contributed by atoms with Gasteiger partial charge in [-0.15, -0.1) is 12.4 Å². The van der Waals surface area contributed by atoms with E-state index in [0.717, 1.165) is 16.8 Å². The second kappa shape index (κ2) is 5.24. The Morgan fingerprint density at radius 3 is 3.00 bits per heavy atom. The highest BCUT2D eigenvalue weighted by Crippen LogP contribution is 2.19. The van der Waals surface area contributed by atoms with Gasteiger partial charge in [0.1, 0.15) is 5.82 Å². The summed E-state index contributed by atoms with van der Waals surface area (Å²) in [6.07, 6.45) is 0.690. The van der Waals surface area contributed by atoms with Gasteiger partial charge in [0.25, 0.3) is 0 Å². The van der Waals surface area contributed by atoms with Crippen LogP contribution in [0.5, 0.6) is 0 Å². The summed E-state index contributed by atoms with van der Waals surface area (Å²) < 4.78 is 18.4. The fourth-order valence-electron chi connectivity index (χ4n) is 1.73. The molecule has 0 bridgehead atoms. The molecular weight excluding hydrogens is 217 g/mol. The lowest BCUT2D eigenvalue weighted by atomic mass is 9.97. The molecule has 1 aromatic carbocycles. The smallest absolute Gasteiger partial charge is 0.127 e. The third kappa shape index (κ3) is 2.36. The first-order valence-electron chi connectivity index (χ1n) is 4.63. The van der Waals surface area contributed by atoms with Crippen LogP contribution in [-0.2, 0) is 11.2 Å². The van der Waals surface area contributed by atoms with E-state index in [1.54, 1.807) is 13.2 Å². The monoisotopic (exact) mass is 229 g/mol. The molecule has 0 saturated carbocycles. The first-order valence-corrected chi connectivity index (χ1v) is 4.63. The minimum absolute atomic E-state index is 0. The number of rotatable bonds is 2. The van der Waals surface area contributed by atoms with Crippen molar-refractivity contribution >= 4 is 18.1 Å². The molecule has 0 saturated heterocycles. The SMILES string of the molecule is COCC1=NCCc2c(F)cccc21.Cl. The molecule has 0 spiro atoms. The molecule has 0 aliphatic carbocycles. The lowest BCUT2D eigenvalue weighted by Crippen LogP contribution is -2.18. The lowest BCUT2D eigenvalue weighted by Gasteiger charge is -2.16. The number of ether oxygens (including phenoxy) is 1. The Morgan fingerprint density at radius 1 is 1.47 bits per heavy atom. The van der Waals surface area contributed by atoms with Crippen LogP contribution in [0, 0.1) is 5.82 Å². The number of hydrogen-bond acceptors (Lipinski definition) is 2. The minimum atomic E-state index is -0.133. The van der Waals surface area contributed by atoms with Gasteiger partial charge in [0.2, 0.25) is 0 Å². The van der Waals surface area contributed by atoms with Crippen LogP contribution in [-0.4, -0.2) is 26.0 Å². The number of aliphatic imine (C=N–C) groups is 1. The fraction of sp³-hybridized carbons (Fsp3) is 0.364. The molecule has 4 heteroatoms. The molecule has 1 heterocycles. The van der Waals surface area contributed by atoms with Crippen LogP contribution in [0.1, 0.15) is 11.1 Å². The highest BCUT2D eigenvalue weighted by molar-refractivity contribution is 6.03. The van der Waals surface area contributed by atoms with Crippen molar-refractivity contribution in [2.24, 2.45) is 4.99 Å². The third-order valence-corrected chi connectivity index (χ3v) is 2.38. The van der Waals surface area contributed by atoms with Crippen LogP contribution in [0.4, 0.5) is 4.39 Å². The molecule has 0 radical (unpaired) electrons. The summed E-state index contributed by atoms with van der Waals surface area (Å²) in [5, 5.41) is 0. The summed E-state index contributed by atoms with van der Waals surface area (Å²) in [4.78, 5) is 4.33. The molecule has 0 aromatic heterocycles. The number of hydrogen-bond donors (Lipinski definition) is 0. The van der Waals surface area contributed by atoms with Crippen molar-refractivity contribution in [1.82, 2.24) is 0 Å². The van der Waals surface area contributed by atoms with Gasteiger partial charge in [0.15, 0.2) is 0 Å². The maximum Gasteiger partial charge on any atom is 0.127 e. The molecule has 2 nitrogen and oxygen atoms in total. The quantitative estimate of drug-likeness (QED) is 0.762. The molecule has 0 fully saturated rings. The van der Waals surface area contributed by atoms with Crippen LogP contribution in [0.15, 0.2) is 23.2 Å². The summed E-state index contributed by atoms with van der Waals surface area (Å²) in [6.45, 7) is 1.11. The first kappa shape index (κ1) is 12.1. The van der Waals surface area contributed by atoms with E-state index in [9.17, 15) is 4.39 Å². The minimum Gasteiger partial charge on any atom is -0.378 e. The van der Waals surface area contributed by atoms with E-state index in [0.29, 0.717) is 19.6 Å². The summed E-state index contributed by atoms with van der Waals surface area (Å²) in [7, 11) is 1.62. The van der Waals surface area contributed by atoms with Gasteiger partial charge in [-0.05, 0) is 18.1 Å². The normalized spacial score (nSPS) is 13.9. The Hall–Kier alpha value is -0.930. The highest BCUT2D eigenvalue weighted by atomic mass is 35.5. The van der Waals surface area contributed by atoms with Gasteiger partial charge in [0, 0.05) is 19.2 Å². The van der Waals surface area contributed by atoms with Gasteiger partial charge in [-0.1, -0.05) is 12.1 Å². The molecule has 15 heavy (non-hydrogen) atoms. The number of halogens is 2. The Kier molecular flexibility index (Phi) is 4.24. The summed E-state index contributed by atoms with van der Waals surface area (Å²) >= 11 is 0. The number of benzene rings is 1. The van der Waals surface area contributed by atoms with Crippen molar-refractivity contribution in [2.75, 3.05) is 20.3 Å². The summed E-state index contributed by atoms with van der Waals surface area (Å²) in [5.74, 6) is -0.133. The molecule has 2 rings (SSSR count). The van der Waals surface area contributed by atoms with Crippen LogP contribution in [0.3, 0.4) is 0 Å². The molecule has 1 aliphatic heterocycles. The van der Waals surface area contributed by atoms with E-state index in [1.165, 1.54) is 6.07 Å². The number of methoxy groups -OCH3 is 1. The van der Waals surface area contributed by atoms with Crippen LogP contribution < -0.4 is 0 Å². The molecule has 1 aliphatic rings. The van der Waals surface area contributed by atoms with Crippen molar-refractivity contribution in [2.45, 2.75) is 6.42 Å². The molecule has 82 valence electrons. The van der Waals surface area contributed by atoms with Gasteiger partial charge in [-0.25, -0.2) is 4.39 Å². The molecule has 0 unspecified atom stereocenters. The largest absolute Gasteiger partial charge is 0.378 e. The molecule has 0 amide bonds.